The Balaban J connectivity index is 1.64. The van der Waals surface area contributed by atoms with Gasteiger partial charge in [0.05, 0.1) is 4.92 Å². The van der Waals surface area contributed by atoms with E-state index >= 15 is 0 Å². The number of carbonyl (C=O) groups excluding carboxylic acids is 1. The second-order valence-corrected chi connectivity index (χ2v) is 6.35. The van der Waals surface area contributed by atoms with E-state index in [0.29, 0.717) is 18.7 Å². The topological polar surface area (TPSA) is 66.7 Å². The van der Waals surface area contributed by atoms with Crippen molar-refractivity contribution in [1.82, 2.24) is 4.90 Å². The van der Waals surface area contributed by atoms with Gasteiger partial charge < -0.3 is 9.80 Å². The van der Waals surface area contributed by atoms with E-state index in [1.807, 2.05) is 0 Å². The fraction of sp³-hybridized carbons (Fsp3) is 0.316. The lowest BCUT2D eigenvalue weighted by Crippen LogP contribution is -2.48. The minimum absolute atomic E-state index is 0.00360. The predicted octanol–water partition coefficient (Wildman–Crippen LogP) is 3.17. The van der Waals surface area contributed by atoms with Crippen LogP contribution >= 0.6 is 0 Å². The van der Waals surface area contributed by atoms with Crippen LogP contribution in [0.25, 0.3) is 0 Å². The molecule has 1 heterocycles. The van der Waals surface area contributed by atoms with Crippen molar-refractivity contribution in [2.75, 3.05) is 31.1 Å². The van der Waals surface area contributed by atoms with Crippen LogP contribution in [0.1, 0.15) is 21.5 Å². The molecule has 2 aromatic carbocycles. The van der Waals surface area contributed by atoms with E-state index < -0.39 is 4.92 Å². The summed E-state index contributed by atoms with van der Waals surface area (Å²) in [5, 5.41) is 10.7. The molecule has 0 saturated carbocycles. The number of carbonyl (C=O) groups is 1. The molecule has 6 heteroatoms. The SMILES string of the molecule is Cc1ccc(N2CCN(C(=O)c3ccc([N+](=O)[O-])cc3)CC2)cc1C. The molecule has 0 spiro atoms. The highest BCUT2D eigenvalue weighted by atomic mass is 16.6. The van der Waals surface area contributed by atoms with Gasteiger partial charge in [0.2, 0.25) is 0 Å². The molecule has 6 nitrogen and oxygen atoms in total. The molecule has 1 amide bonds. The molecule has 130 valence electrons. The molecule has 0 aliphatic carbocycles. The van der Waals surface area contributed by atoms with Gasteiger partial charge in [0.25, 0.3) is 11.6 Å². The van der Waals surface area contributed by atoms with Crippen LogP contribution in [0.3, 0.4) is 0 Å². The molecule has 0 aromatic heterocycles. The zero-order valence-corrected chi connectivity index (χ0v) is 14.4. The van der Waals surface area contributed by atoms with Gasteiger partial charge in [0.15, 0.2) is 0 Å². The van der Waals surface area contributed by atoms with Crippen LogP contribution in [0.5, 0.6) is 0 Å². The van der Waals surface area contributed by atoms with Gasteiger partial charge in [0.1, 0.15) is 0 Å². The van der Waals surface area contributed by atoms with Gasteiger partial charge in [-0.1, -0.05) is 6.07 Å². The number of hydrogen-bond donors (Lipinski definition) is 0. The summed E-state index contributed by atoms with van der Waals surface area (Å²) >= 11 is 0. The lowest BCUT2D eigenvalue weighted by molar-refractivity contribution is -0.384. The van der Waals surface area contributed by atoms with E-state index in [4.69, 9.17) is 0 Å². The van der Waals surface area contributed by atoms with E-state index in [0.717, 1.165) is 13.1 Å². The summed E-state index contributed by atoms with van der Waals surface area (Å²) in [4.78, 5) is 26.9. The first-order valence-electron chi connectivity index (χ1n) is 8.31. The Morgan fingerprint density at radius 2 is 1.60 bits per heavy atom. The first-order valence-corrected chi connectivity index (χ1v) is 8.31. The normalized spacial score (nSPS) is 14.5. The van der Waals surface area contributed by atoms with Crippen molar-refractivity contribution >= 4 is 17.3 Å². The van der Waals surface area contributed by atoms with Crippen molar-refractivity contribution in [2.24, 2.45) is 0 Å². The molecule has 1 aliphatic rings. The number of nitrogens with zero attached hydrogens (tertiary/aromatic N) is 3. The highest BCUT2D eigenvalue weighted by Gasteiger charge is 2.23. The zero-order valence-electron chi connectivity index (χ0n) is 14.4. The molecule has 0 bridgehead atoms. The van der Waals surface area contributed by atoms with Crippen LogP contribution in [0.2, 0.25) is 0 Å². The van der Waals surface area contributed by atoms with Crippen LogP contribution in [0, 0.1) is 24.0 Å². The van der Waals surface area contributed by atoms with Crippen molar-refractivity contribution in [3.63, 3.8) is 0 Å². The quantitative estimate of drug-likeness (QED) is 0.636. The number of hydrogen-bond acceptors (Lipinski definition) is 4. The summed E-state index contributed by atoms with van der Waals surface area (Å²) in [7, 11) is 0. The molecular weight excluding hydrogens is 318 g/mol. The number of aryl methyl sites for hydroxylation is 2. The summed E-state index contributed by atoms with van der Waals surface area (Å²) in [6.07, 6.45) is 0. The third-order valence-corrected chi connectivity index (χ3v) is 4.75. The van der Waals surface area contributed by atoms with Gasteiger partial charge in [-0.25, -0.2) is 0 Å². The number of rotatable bonds is 3. The molecule has 2 aromatic rings. The molecule has 1 aliphatic heterocycles. The van der Waals surface area contributed by atoms with Crippen LogP contribution < -0.4 is 4.90 Å². The Kier molecular flexibility index (Phi) is 4.70. The highest BCUT2D eigenvalue weighted by molar-refractivity contribution is 5.94. The summed E-state index contributed by atoms with van der Waals surface area (Å²) in [6.45, 7) is 7.04. The minimum Gasteiger partial charge on any atom is -0.368 e. The highest BCUT2D eigenvalue weighted by Crippen LogP contribution is 2.21. The van der Waals surface area contributed by atoms with Crippen molar-refractivity contribution in [3.05, 3.63) is 69.3 Å². The first kappa shape index (κ1) is 17.0. The Hall–Kier alpha value is -2.89. The average Bonchev–Trinajstić information content (AvgIpc) is 2.63. The second-order valence-electron chi connectivity index (χ2n) is 6.35. The smallest absolute Gasteiger partial charge is 0.269 e. The standard InChI is InChI=1S/C19H21N3O3/c1-14-3-6-18(13-15(14)2)20-9-11-21(12-10-20)19(23)16-4-7-17(8-5-16)22(24)25/h3-8,13H,9-12H2,1-2H3. The fourth-order valence-corrected chi connectivity index (χ4v) is 3.00. The van der Waals surface area contributed by atoms with Gasteiger partial charge >= 0.3 is 0 Å². The van der Waals surface area contributed by atoms with Gasteiger partial charge in [-0.05, 0) is 49.2 Å². The van der Waals surface area contributed by atoms with Crippen LogP contribution in [0.4, 0.5) is 11.4 Å². The van der Waals surface area contributed by atoms with Crippen LogP contribution in [0.15, 0.2) is 42.5 Å². The van der Waals surface area contributed by atoms with Crippen LogP contribution in [-0.4, -0.2) is 41.9 Å². The predicted molar refractivity (Wildman–Crippen MR) is 97.1 cm³/mol. The molecule has 1 fully saturated rings. The Morgan fingerprint density at radius 1 is 0.960 bits per heavy atom. The lowest BCUT2D eigenvalue weighted by atomic mass is 10.1. The summed E-state index contributed by atoms with van der Waals surface area (Å²) < 4.78 is 0. The van der Waals surface area contributed by atoms with E-state index in [1.165, 1.54) is 41.1 Å². The number of amides is 1. The maximum atomic E-state index is 12.6. The van der Waals surface area contributed by atoms with Crippen molar-refractivity contribution < 1.29 is 9.72 Å². The summed E-state index contributed by atoms with van der Waals surface area (Å²) in [6, 6.07) is 12.2. The molecule has 0 atom stereocenters. The summed E-state index contributed by atoms with van der Waals surface area (Å²) in [5.74, 6) is -0.0744. The third-order valence-electron chi connectivity index (χ3n) is 4.75. The lowest BCUT2D eigenvalue weighted by Gasteiger charge is -2.36. The maximum absolute atomic E-state index is 12.6. The monoisotopic (exact) mass is 339 g/mol. The van der Waals surface area contributed by atoms with Gasteiger partial charge in [0, 0.05) is 49.6 Å². The van der Waals surface area contributed by atoms with E-state index in [1.54, 1.807) is 4.90 Å². The van der Waals surface area contributed by atoms with Gasteiger partial charge in [-0.3, -0.25) is 14.9 Å². The Morgan fingerprint density at radius 3 is 2.16 bits per heavy atom. The van der Waals surface area contributed by atoms with E-state index in [-0.39, 0.29) is 11.6 Å². The van der Waals surface area contributed by atoms with Crippen molar-refractivity contribution in [1.29, 1.82) is 0 Å². The minimum atomic E-state index is -0.462. The largest absolute Gasteiger partial charge is 0.368 e. The number of benzene rings is 2. The molecule has 3 rings (SSSR count). The van der Waals surface area contributed by atoms with Crippen molar-refractivity contribution in [3.8, 4) is 0 Å². The molecule has 0 N–H and O–H groups in total. The van der Waals surface area contributed by atoms with Crippen molar-refractivity contribution in [2.45, 2.75) is 13.8 Å². The molecule has 1 saturated heterocycles. The number of nitro groups is 1. The molecule has 25 heavy (non-hydrogen) atoms. The number of non-ortho nitro benzene ring substituents is 1. The van der Waals surface area contributed by atoms with Crippen LogP contribution in [-0.2, 0) is 0 Å². The molecular formula is C19H21N3O3. The number of anilines is 1. The average molecular weight is 339 g/mol. The van der Waals surface area contributed by atoms with Gasteiger partial charge in [-0.2, -0.15) is 0 Å². The first-order chi connectivity index (χ1) is 12.0. The Labute approximate surface area is 146 Å². The van der Waals surface area contributed by atoms with Gasteiger partial charge in [-0.15, -0.1) is 0 Å². The summed E-state index contributed by atoms with van der Waals surface area (Å²) in [5.41, 5.74) is 4.21. The Bertz CT molecular complexity index is 794. The second kappa shape index (κ2) is 6.93. The molecule has 0 unspecified atom stereocenters. The number of nitro benzene ring substituents is 1. The molecule has 0 radical (unpaired) electrons. The van der Waals surface area contributed by atoms with E-state index in [9.17, 15) is 14.9 Å². The number of piperazine rings is 1. The zero-order chi connectivity index (χ0) is 18.0. The van der Waals surface area contributed by atoms with E-state index in [2.05, 4.69) is 36.9 Å². The third kappa shape index (κ3) is 3.63. The maximum Gasteiger partial charge on any atom is 0.269 e. The fourth-order valence-electron chi connectivity index (χ4n) is 3.00.